The van der Waals surface area contributed by atoms with E-state index in [2.05, 4.69) is 16.4 Å². The first-order valence-electron chi connectivity index (χ1n) is 6.71. The van der Waals surface area contributed by atoms with E-state index in [0.29, 0.717) is 0 Å². The predicted octanol–water partition coefficient (Wildman–Crippen LogP) is 1.54. The van der Waals surface area contributed by atoms with Crippen LogP contribution in [-0.2, 0) is 6.54 Å². The zero-order valence-electron chi connectivity index (χ0n) is 11.3. The summed E-state index contributed by atoms with van der Waals surface area (Å²) in [6.45, 7) is 0.767. The third kappa shape index (κ3) is 3.21. The van der Waals surface area contributed by atoms with Crippen LogP contribution in [0.2, 0.25) is 0 Å². The molecule has 2 rings (SSSR count). The van der Waals surface area contributed by atoms with E-state index in [-0.39, 0.29) is 12.1 Å². The number of pyridine rings is 1. The Hall–Kier alpha value is -1.13. The van der Waals surface area contributed by atoms with Gasteiger partial charge in [-0.1, -0.05) is 18.9 Å². The second kappa shape index (κ2) is 6.16. The average Bonchev–Trinajstić information content (AvgIpc) is 2.38. The minimum atomic E-state index is -0.196. The van der Waals surface area contributed by atoms with Crippen LogP contribution in [0.1, 0.15) is 31.2 Å². The van der Waals surface area contributed by atoms with Gasteiger partial charge in [-0.3, -0.25) is 0 Å². The van der Waals surface area contributed by atoms with E-state index in [0.717, 1.165) is 31.6 Å². The van der Waals surface area contributed by atoms with E-state index in [4.69, 9.17) is 0 Å². The first-order valence-corrected chi connectivity index (χ1v) is 6.71. The van der Waals surface area contributed by atoms with E-state index in [1.165, 1.54) is 12.0 Å². The van der Waals surface area contributed by atoms with Crippen molar-refractivity contribution in [2.45, 2.75) is 44.4 Å². The Bertz CT molecular complexity index is 381. The second-order valence-electron chi connectivity index (χ2n) is 5.22. The van der Waals surface area contributed by atoms with Gasteiger partial charge in [-0.2, -0.15) is 0 Å². The van der Waals surface area contributed by atoms with Crippen LogP contribution in [0.15, 0.2) is 18.3 Å². The number of aliphatic hydroxyl groups excluding tert-OH is 1. The van der Waals surface area contributed by atoms with E-state index in [1.807, 2.05) is 31.3 Å². The average molecular weight is 249 g/mol. The highest BCUT2D eigenvalue weighted by Gasteiger charge is 2.22. The molecule has 0 aromatic carbocycles. The highest BCUT2D eigenvalue weighted by Crippen LogP contribution is 2.20. The van der Waals surface area contributed by atoms with Crippen LogP contribution in [0.4, 0.5) is 5.82 Å². The lowest BCUT2D eigenvalue weighted by atomic mass is 9.92. The van der Waals surface area contributed by atoms with Crippen molar-refractivity contribution in [3.63, 3.8) is 0 Å². The van der Waals surface area contributed by atoms with Crippen molar-refractivity contribution in [2.24, 2.45) is 0 Å². The summed E-state index contributed by atoms with van der Waals surface area (Å²) >= 11 is 0. The molecule has 2 unspecified atom stereocenters. The van der Waals surface area contributed by atoms with Crippen LogP contribution in [0, 0.1) is 0 Å². The molecule has 0 bridgehead atoms. The number of nitrogens with one attached hydrogen (secondary N) is 1. The Labute approximate surface area is 109 Å². The molecule has 1 aromatic heterocycles. The SMILES string of the molecule is CN(C)c1ncccc1CNC1CCCCC1O. The van der Waals surface area contributed by atoms with Gasteiger partial charge in [0, 0.05) is 38.4 Å². The summed E-state index contributed by atoms with van der Waals surface area (Å²) in [7, 11) is 4.00. The maximum Gasteiger partial charge on any atom is 0.132 e. The third-order valence-corrected chi connectivity index (χ3v) is 3.58. The van der Waals surface area contributed by atoms with Gasteiger partial charge in [0.25, 0.3) is 0 Å². The summed E-state index contributed by atoms with van der Waals surface area (Å²) in [6.07, 6.45) is 5.97. The van der Waals surface area contributed by atoms with Crippen molar-refractivity contribution < 1.29 is 5.11 Å². The fraction of sp³-hybridized carbons (Fsp3) is 0.643. The Balaban J connectivity index is 1.97. The van der Waals surface area contributed by atoms with Crippen molar-refractivity contribution in [1.82, 2.24) is 10.3 Å². The van der Waals surface area contributed by atoms with E-state index in [9.17, 15) is 5.11 Å². The van der Waals surface area contributed by atoms with Gasteiger partial charge in [-0.15, -0.1) is 0 Å². The van der Waals surface area contributed by atoms with Gasteiger partial charge in [-0.05, 0) is 18.9 Å². The van der Waals surface area contributed by atoms with Crippen LogP contribution >= 0.6 is 0 Å². The fourth-order valence-electron chi connectivity index (χ4n) is 2.56. The summed E-state index contributed by atoms with van der Waals surface area (Å²) < 4.78 is 0. The lowest BCUT2D eigenvalue weighted by Crippen LogP contribution is -2.41. The fourth-order valence-corrected chi connectivity index (χ4v) is 2.56. The molecule has 1 heterocycles. The van der Waals surface area contributed by atoms with E-state index >= 15 is 0 Å². The Morgan fingerprint density at radius 2 is 2.17 bits per heavy atom. The van der Waals surface area contributed by atoms with Gasteiger partial charge in [0.05, 0.1) is 6.10 Å². The van der Waals surface area contributed by atoms with Gasteiger partial charge in [0.1, 0.15) is 5.82 Å². The van der Waals surface area contributed by atoms with Crippen molar-refractivity contribution in [1.29, 1.82) is 0 Å². The molecular formula is C14H23N3O. The smallest absolute Gasteiger partial charge is 0.132 e. The molecule has 18 heavy (non-hydrogen) atoms. The van der Waals surface area contributed by atoms with Crippen molar-refractivity contribution in [3.05, 3.63) is 23.9 Å². The summed E-state index contributed by atoms with van der Waals surface area (Å²) in [5.74, 6) is 0.996. The van der Waals surface area contributed by atoms with Crippen LogP contribution in [0.5, 0.6) is 0 Å². The minimum Gasteiger partial charge on any atom is -0.392 e. The molecule has 1 aliphatic carbocycles. The molecule has 0 radical (unpaired) electrons. The number of hydrogen-bond donors (Lipinski definition) is 2. The van der Waals surface area contributed by atoms with Gasteiger partial charge in [0.2, 0.25) is 0 Å². The van der Waals surface area contributed by atoms with Gasteiger partial charge in [-0.25, -0.2) is 4.98 Å². The molecule has 2 N–H and O–H groups in total. The normalized spacial score (nSPS) is 23.9. The lowest BCUT2D eigenvalue weighted by molar-refractivity contribution is 0.0902. The number of aromatic nitrogens is 1. The van der Waals surface area contributed by atoms with Crippen molar-refractivity contribution >= 4 is 5.82 Å². The quantitative estimate of drug-likeness (QED) is 0.850. The number of rotatable bonds is 4. The van der Waals surface area contributed by atoms with Crippen LogP contribution in [-0.4, -0.2) is 36.3 Å². The molecule has 2 atom stereocenters. The molecular weight excluding hydrogens is 226 g/mol. The maximum atomic E-state index is 9.94. The largest absolute Gasteiger partial charge is 0.392 e. The van der Waals surface area contributed by atoms with Crippen LogP contribution in [0.3, 0.4) is 0 Å². The predicted molar refractivity (Wildman–Crippen MR) is 73.7 cm³/mol. The number of nitrogens with zero attached hydrogens (tertiary/aromatic N) is 2. The Kier molecular flexibility index (Phi) is 4.55. The van der Waals surface area contributed by atoms with Crippen molar-refractivity contribution in [2.75, 3.05) is 19.0 Å². The van der Waals surface area contributed by atoms with Crippen LogP contribution < -0.4 is 10.2 Å². The number of hydrogen-bond acceptors (Lipinski definition) is 4. The molecule has 1 fully saturated rings. The highest BCUT2D eigenvalue weighted by atomic mass is 16.3. The third-order valence-electron chi connectivity index (χ3n) is 3.58. The monoisotopic (exact) mass is 249 g/mol. The Morgan fingerprint density at radius 1 is 1.39 bits per heavy atom. The summed E-state index contributed by atoms with van der Waals surface area (Å²) in [6, 6.07) is 4.28. The number of aliphatic hydroxyl groups is 1. The zero-order chi connectivity index (χ0) is 13.0. The van der Waals surface area contributed by atoms with Crippen LogP contribution in [0.25, 0.3) is 0 Å². The number of anilines is 1. The van der Waals surface area contributed by atoms with E-state index < -0.39 is 0 Å². The summed E-state index contributed by atoms with van der Waals surface area (Å²) in [5.41, 5.74) is 1.18. The highest BCUT2D eigenvalue weighted by molar-refractivity contribution is 5.45. The topological polar surface area (TPSA) is 48.4 Å². The molecule has 100 valence electrons. The first kappa shape index (κ1) is 13.3. The maximum absolute atomic E-state index is 9.94. The summed E-state index contributed by atoms with van der Waals surface area (Å²) in [5, 5.41) is 13.4. The minimum absolute atomic E-state index is 0.196. The standard InChI is InChI=1S/C14H23N3O/c1-17(2)14-11(6-5-9-15-14)10-16-12-7-3-4-8-13(12)18/h5-6,9,12-13,16,18H,3-4,7-8,10H2,1-2H3. The molecule has 1 saturated carbocycles. The molecule has 1 aliphatic rings. The second-order valence-corrected chi connectivity index (χ2v) is 5.22. The molecule has 4 nitrogen and oxygen atoms in total. The molecule has 1 aromatic rings. The first-order chi connectivity index (χ1) is 8.68. The lowest BCUT2D eigenvalue weighted by Gasteiger charge is -2.29. The Morgan fingerprint density at radius 3 is 2.89 bits per heavy atom. The van der Waals surface area contributed by atoms with Gasteiger partial charge >= 0.3 is 0 Å². The van der Waals surface area contributed by atoms with Crippen molar-refractivity contribution in [3.8, 4) is 0 Å². The zero-order valence-corrected chi connectivity index (χ0v) is 11.3. The molecule has 4 heteroatoms. The van der Waals surface area contributed by atoms with E-state index in [1.54, 1.807) is 0 Å². The molecule has 0 spiro atoms. The van der Waals surface area contributed by atoms with Gasteiger partial charge < -0.3 is 15.3 Å². The summed E-state index contributed by atoms with van der Waals surface area (Å²) in [4.78, 5) is 6.41. The molecule has 0 saturated heterocycles. The molecule has 0 amide bonds. The molecule has 0 aliphatic heterocycles. The van der Waals surface area contributed by atoms with Gasteiger partial charge in [0.15, 0.2) is 0 Å².